The summed E-state index contributed by atoms with van der Waals surface area (Å²) in [5.41, 5.74) is 4.59. The molecule has 0 saturated carbocycles. The number of hydrogen-bond donors (Lipinski definition) is 2. The summed E-state index contributed by atoms with van der Waals surface area (Å²) in [6.07, 6.45) is -0.570. The molecular weight excluding hydrogens is 296 g/mol. The quantitative estimate of drug-likeness (QED) is 0.593. The van der Waals surface area contributed by atoms with Crippen molar-refractivity contribution in [2.45, 2.75) is 26.4 Å². The number of hydrazine groups is 1. The van der Waals surface area contributed by atoms with Crippen molar-refractivity contribution < 1.29 is 19.1 Å². The fraction of sp³-hybridized carbons (Fsp3) is 0.429. The molecule has 1 aromatic rings. The molecule has 0 bridgehead atoms. The third-order valence-corrected chi connectivity index (χ3v) is 2.75. The summed E-state index contributed by atoms with van der Waals surface area (Å²) >= 11 is 5.75. The molecule has 6 nitrogen and oxygen atoms in total. The smallest absolute Gasteiger partial charge is 0.279 e. The van der Waals surface area contributed by atoms with Crippen molar-refractivity contribution in [1.82, 2.24) is 10.9 Å². The Morgan fingerprint density at radius 1 is 1.24 bits per heavy atom. The zero-order valence-corrected chi connectivity index (χ0v) is 12.8. The molecule has 21 heavy (non-hydrogen) atoms. The molecule has 0 heterocycles. The molecule has 1 atom stereocenters. The van der Waals surface area contributed by atoms with Gasteiger partial charge in [0.1, 0.15) is 5.75 Å². The van der Waals surface area contributed by atoms with E-state index in [0.29, 0.717) is 24.0 Å². The zero-order chi connectivity index (χ0) is 15.7. The highest BCUT2D eigenvalue weighted by Crippen LogP contribution is 2.16. The van der Waals surface area contributed by atoms with Crippen LogP contribution in [0.3, 0.4) is 0 Å². The van der Waals surface area contributed by atoms with Gasteiger partial charge in [0, 0.05) is 11.6 Å². The van der Waals surface area contributed by atoms with Crippen LogP contribution < -0.4 is 15.6 Å². The first-order valence-corrected chi connectivity index (χ1v) is 6.99. The van der Waals surface area contributed by atoms with Crippen molar-refractivity contribution in [2.75, 3.05) is 13.2 Å². The van der Waals surface area contributed by atoms with Gasteiger partial charge in [-0.05, 0) is 38.1 Å². The predicted octanol–water partition coefficient (Wildman–Crippen LogP) is 1.68. The molecule has 1 rings (SSSR count). The molecule has 116 valence electrons. The van der Waals surface area contributed by atoms with Crippen LogP contribution in [-0.2, 0) is 14.3 Å². The fourth-order valence-corrected chi connectivity index (χ4v) is 1.50. The Labute approximate surface area is 128 Å². The van der Waals surface area contributed by atoms with Crippen molar-refractivity contribution >= 4 is 23.4 Å². The Morgan fingerprint density at radius 2 is 1.90 bits per heavy atom. The van der Waals surface area contributed by atoms with Crippen LogP contribution in [0, 0.1) is 0 Å². The fourth-order valence-electron chi connectivity index (χ4n) is 1.38. The van der Waals surface area contributed by atoms with Crippen molar-refractivity contribution in [2.24, 2.45) is 0 Å². The van der Waals surface area contributed by atoms with Gasteiger partial charge in [-0.1, -0.05) is 11.6 Å². The molecule has 0 radical (unpaired) electrons. The molecule has 1 unspecified atom stereocenters. The molecule has 0 aromatic heterocycles. The monoisotopic (exact) mass is 314 g/mol. The van der Waals surface area contributed by atoms with Crippen LogP contribution in [0.5, 0.6) is 5.75 Å². The highest BCUT2D eigenvalue weighted by molar-refractivity contribution is 6.30. The summed E-state index contributed by atoms with van der Waals surface area (Å²) in [7, 11) is 0. The van der Waals surface area contributed by atoms with Crippen LogP contribution in [0.1, 0.15) is 20.3 Å². The molecular formula is C14H19ClN2O4. The first-order chi connectivity index (χ1) is 10.0. The summed E-state index contributed by atoms with van der Waals surface area (Å²) in [5.74, 6) is -0.255. The van der Waals surface area contributed by atoms with E-state index in [-0.39, 0.29) is 12.3 Å². The first-order valence-electron chi connectivity index (χ1n) is 6.61. The largest absolute Gasteiger partial charge is 0.481 e. The van der Waals surface area contributed by atoms with E-state index in [1.807, 2.05) is 6.92 Å². The van der Waals surface area contributed by atoms with E-state index < -0.39 is 12.0 Å². The molecule has 0 aliphatic carbocycles. The Hall–Kier alpha value is -1.79. The van der Waals surface area contributed by atoms with E-state index in [2.05, 4.69) is 10.9 Å². The van der Waals surface area contributed by atoms with E-state index in [4.69, 9.17) is 21.1 Å². The molecule has 0 spiro atoms. The van der Waals surface area contributed by atoms with Crippen LogP contribution in [0.25, 0.3) is 0 Å². The summed E-state index contributed by atoms with van der Waals surface area (Å²) < 4.78 is 10.5. The molecule has 2 N–H and O–H groups in total. The average molecular weight is 315 g/mol. The molecule has 0 fully saturated rings. The van der Waals surface area contributed by atoms with E-state index >= 15 is 0 Å². The summed E-state index contributed by atoms with van der Waals surface area (Å²) in [4.78, 5) is 23.1. The van der Waals surface area contributed by atoms with Crippen LogP contribution in [-0.4, -0.2) is 31.1 Å². The minimum absolute atomic E-state index is 0.181. The molecule has 0 saturated heterocycles. The van der Waals surface area contributed by atoms with Gasteiger partial charge in [-0.25, -0.2) is 0 Å². The van der Waals surface area contributed by atoms with Gasteiger partial charge < -0.3 is 9.47 Å². The maximum atomic E-state index is 11.7. The minimum Gasteiger partial charge on any atom is -0.481 e. The number of ether oxygens (including phenoxy) is 2. The van der Waals surface area contributed by atoms with Crippen molar-refractivity contribution in [1.29, 1.82) is 0 Å². The Kier molecular flexibility index (Phi) is 7.56. The van der Waals surface area contributed by atoms with E-state index in [0.717, 1.165) is 0 Å². The molecule has 7 heteroatoms. The Bertz CT molecular complexity index is 465. The lowest BCUT2D eigenvalue weighted by Crippen LogP contribution is -2.47. The molecule has 1 aromatic carbocycles. The third-order valence-electron chi connectivity index (χ3n) is 2.50. The van der Waals surface area contributed by atoms with Gasteiger partial charge in [-0.15, -0.1) is 0 Å². The number of carbonyl (C=O) groups excluding carboxylic acids is 2. The number of benzene rings is 1. The van der Waals surface area contributed by atoms with E-state index in [1.54, 1.807) is 31.2 Å². The van der Waals surface area contributed by atoms with Gasteiger partial charge in [0.25, 0.3) is 5.91 Å². The SMILES string of the molecule is CCOCCC(=O)NNC(=O)C(C)Oc1ccc(Cl)cc1. The summed E-state index contributed by atoms with van der Waals surface area (Å²) in [6.45, 7) is 4.28. The van der Waals surface area contributed by atoms with Gasteiger partial charge >= 0.3 is 0 Å². The molecule has 0 aliphatic rings. The van der Waals surface area contributed by atoms with Crippen molar-refractivity contribution in [3.05, 3.63) is 29.3 Å². The van der Waals surface area contributed by atoms with Crippen LogP contribution >= 0.6 is 11.6 Å². The Morgan fingerprint density at radius 3 is 2.52 bits per heavy atom. The van der Waals surface area contributed by atoms with Crippen LogP contribution in [0.15, 0.2) is 24.3 Å². The van der Waals surface area contributed by atoms with Gasteiger partial charge in [-0.2, -0.15) is 0 Å². The first kappa shape index (κ1) is 17.3. The third kappa shape index (κ3) is 6.97. The van der Waals surface area contributed by atoms with Crippen molar-refractivity contribution in [3.63, 3.8) is 0 Å². The number of rotatable bonds is 7. The highest BCUT2D eigenvalue weighted by Gasteiger charge is 2.15. The standard InChI is InChI=1S/C14H19ClN2O4/c1-3-20-9-8-13(18)16-17-14(19)10(2)21-12-6-4-11(15)5-7-12/h4-7,10H,3,8-9H2,1-2H3,(H,16,18)(H,17,19). The van der Waals surface area contributed by atoms with Crippen LogP contribution in [0.2, 0.25) is 5.02 Å². The normalized spacial score (nSPS) is 11.6. The number of halogens is 1. The van der Waals surface area contributed by atoms with Gasteiger partial charge in [0.2, 0.25) is 5.91 Å². The second kappa shape index (κ2) is 9.20. The number of amides is 2. The van der Waals surface area contributed by atoms with E-state index in [9.17, 15) is 9.59 Å². The summed E-state index contributed by atoms with van der Waals surface area (Å²) in [5, 5.41) is 0.584. The zero-order valence-electron chi connectivity index (χ0n) is 12.0. The Balaban J connectivity index is 2.30. The number of carbonyl (C=O) groups is 2. The van der Waals surface area contributed by atoms with Gasteiger partial charge in [-0.3, -0.25) is 20.4 Å². The van der Waals surface area contributed by atoms with E-state index in [1.165, 1.54) is 0 Å². The number of nitrogens with one attached hydrogen (secondary N) is 2. The topological polar surface area (TPSA) is 76.7 Å². The minimum atomic E-state index is -0.752. The number of hydrogen-bond acceptors (Lipinski definition) is 4. The molecule has 2 amide bonds. The average Bonchev–Trinajstić information content (AvgIpc) is 2.47. The lowest BCUT2D eigenvalue weighted by Gasteiger charge is -2.15. The highest BCUT2D eigenvalue weighted by atomic mass is 35.5. The second-order valence-corrected chi connectivity index (χ2v) is 4.63. The lowest BCUT2D eigenvalue weighted by molar-refractivity contribution is -0.133. The maximum absolute atomic E-state index is 11.7. The predicted molar refractivity (Wildman–Crippen MR) is 78.9 cm³/mol. The van der Waals surface area contributed by atoms with Gasteiger partial charge in [0.05, 0.1) is 13.0 Å². The van der Waals surface area contributed by atoms with Crippen molar-refractivity contribution in [3.8, 4) is 5.75 Å². The maximum Gasteiger partial charge on any atom is 0.279 e. The second-order valence-electron chi connectivity index (χ2n) is 4.20. The molecule has 0 aliphatic heterocycles. The van der Waals surface area contributed by atoms with Crippen LogP contribution in [0.4, 0.5) is 0 Å². The van der Waals surface area contributed by atoms with Gasteiger partial charge in [0.15, 0.2) is 6.10 Å². The lowest BCUT2D eigenvalue weighted by atomic mass is 10.3. The summed E-state index contributed by atoms with van der Waals surface area (Å²) in [6, 6.07) is 6.65.